The minimum Gasteiger partial charge on any atom is -0.383 e. The van der Waals surface area contributed by atoms with Crippen molar-refractivity contribution in [3.05, 3.63) is 0 Å². The molecule has 1 saturated carbocycles. The quantitative estimate of drug-likeness (QED) is 0.705. The van der Waals surface area contributed by atoms with Crippen molar-refractivity contribution in [3.63, 3.8) is 0 Å². The zero-order valence-corrected chi connectivity index (χ0v) is 8.51. The Labute approximate surface area is 82.3 Å². The average Bonchev–Trinajstić information content (AvgIpc) is 2.07. The van der Waals surface area contributed by atoms with Crippen molar-refractivity contribution < 1.29 is 18.3 Å². The fourth-order valence-corrected chi connectivity index (χ4v) is 2.14. The minimum atomic E-state index is -4.45. The number of aliphatic hydroxyl groups is 1. The van der Waals surface area contributed by atoms with E-state index in [1.807, 2.05) is 6.92 Å². The van der Waals surface area contributed by atoms with E-state index in [-0.39, 0.29) is 5.92 Å². The molecule has 1 aliphatic carbocycles. The van der Waals surface area contributed by atoms with E-state index in [1.165, 1.54) is 0 Å². The second-order valence-electron chi connectivity index (χ2n) is 4.51. The summed E-state index contributed by atoms with van der Waals surface area (Å²) in [5.41, 5.74) is 0. The number of halogens is 3. The molecular weight excluding hydrogens is 193 g/mol. The van der Waals surface area contributed by atoms with Crippen molar-refractivity contribution in [2.24, 2.45) is 17.8 Å². The number of hydrogen-bond acceptors (Lipinski definition) is 1. The van der Waals surface area contributed by atoms with Gasteiger partial charge in [0.15, 0.2) is 6.10 Å². The van der Waals surface area contributed by atoms with Crippen LogP contribution in [0.1, 0.15) is 33.1 Å². The zero-order valence-electron chi connectivity index (χ0n) is 8.51. The van der Waals surface area contributed by atoms with E-state index < -0.39 is 18.2 Å². The Hall–Kier alpha value is -0.250. The van der Waals surface area contributed by atoms with Crippen molar-refractivity contribution in [2.45, 2.75) is 45.4 Å². The van der Waals surface area contributed by atoms with Crippen LogP contribution in [0.3, 0.4) is 0 Å². The monoisotopic (exact) mass is 210 g/mol. The molecule has 0 aromatic carbocycles. The van der Waals surface area contributed by atoms with Crippen molar-refractivity contribution in [2.75, 3.05) is 0 Å². The first kappa shape index (κ1) is 11.8. The number of aliphatic hydroxyl groups excluding tert-OH is 1. The molecule has 1 nitrogen and oxygen atoms in total. The maximum atomic E-state index is 12.2. The molecule has 0 radical (unpaired) electrons. The van der Waals surface area contributed by atoms with Gasteiger partial charge in [-0.3, -0.25) is 0 Å². The fraction of sp³-hybridized carbons (Fsp3) is 1.00. The van der Waals surface area contributed by atoms with Gasteiger partial charge in [0.1, 0.15) is 0 Å². The molecule has 0 aromatic rings. The summed E-state index contributed by atoms with van der Waals surface area (Å²) in [4.78, 5) is 0. The first-order chi connectivity index (χ1) is 6.32. The maximum absolute atomic E-state index is 12.2. The van der Waals surface area contributed by atoms with Gasteiger partial charge in [-0.05, 0) is 30.6 Å². The van der Waals surface area contributed by atoms with Crippen LogP contribution in [0.25, 0.3) is 0 Å². The number of alkyl halides is 3. The molecule has 1 rings (SSSR count). The summed E-state index contributed by atoms with van der Waals surface area (Å²) in [5.74, 6) is 0.165. The lowest BCUT2D eigenvalue weighted by molar-refractivity contribution is -0.224. The van der Waals surface area contributed by atoms with Crippen molar-refractivity contribution in [3.8, 4) is 0 Å². The van der Waals surface area contributed by atoms with Crippen LogP contribution in [0, 0.1) is 17.8 Å². The highest BCUT2D eigenvalue weighted by atomic mass is 19.4. The third-order valence-electron chi connectivity index (χ3n) is 3.42. The molecule has 1 aliphatic rings. The van der Waals surface area contributed by atoms with Crippen LogP contribution in [0.5, 0.6) is 0 Å². The molecule has 1 N–H and O–H groups in total. The Balaban J connectivity index is 2.55. The molecule has 0 spiro atoms. The third-order valence-corrected chi connectivity index (χ3v) is 3.42. The second kappa shape index (κ2) is 4.09. The van der Waals surface area contributed by atoms with Crippen LogP contribution in [-0.2, 0) is 0 Å². The van der Waals surface area contributed by atoms with Gasteiger partial charge in [-0.2, -0.15) is 13.2 Å². The minimum absolute atomic E-state index is 0.283. The topological polar surface area (TPSA) is 20.2 Å². The summed E-state index contributed by atoms with van der Waals surface area (Å²) in [6.45, 7) is 4.01. The summed E-state index contributed by atoms with van der Waals surface area (Å²) in [7, 11) is 0. The maximum Gasteiger partial charge on any atom is 0.414 e. The molecule has 1 fully saturated rings. The molecule has 0 aromatic heterocycles. The Kier molecular flexibility index (Phi) is 3.45. The molecule has 3 unspecified atom stereocenters. The molecule has 84 valence electrons. The van der Waals surface area contributed by atoms with Crippen molar-refractivity contribution in [1.29, 1.82) is 0 Å². The summed E-state index contributed by atoms with van der Waals surface area (Å²) in [5, 5.41) is 9.09. The predicted molar refractivity (Wildman–Crippen MR) is 47.7 cm³/mol. The molecule has 4 atom stereocenters. The molecule has 0 saturated heterocycles. The van der Waals surface area contributed by atoms with E-state index in [0.29, 0.717) is 18.8 Å². The van der Waals surface area contributed by atoms with Gasteiger partial charge in [0.05, 0.1) is 0 Å². The Bertz CT molecular complexity index is 190. The lowest BCUT2D eigenvalue weighted by Gasteiger charge is -2.35. The summed E-state index contributed by atoms with van der Waals surface area (Å²) in [6, 6.07) is 0. The van der Waals surface area contributed by atoms with Gasteiger partial charge >= 0.3 is 6.18 Å². The molecule has 0 bridgehead atoms. The lowest BCUT2D eigenvalue weighted by Crippen LogP contribution is -2.39. The van der Waals surface area contributed by atoms with E-state index in [4.69, 9.17) is 5.11 Å². The van der Waals surface area contributed by atoms with Gasteiger partial charge in [0.25, 0.3) is 0 Å². The van der Waals surface area contributed by atoms with Gasteiger partial charge in [-0.25, -0.2) is 0 Å². The summed E-state index contributed by atoms with van der Waals surface area (Å²) in [6.07, 6.45) is -4.81. The van der Waals surface area contributed by atoms with Crippen LogP contribution >= 0.6 is 0 Å². The van der Waals surface area contributed by atoms with Gasteiger partial charge in [0.2, 0.25) is 0 Å². The smallest absolute Gasteiger partial charge is 0.383 e. The van der Waals surface area contributed by atoms with E-state index >= 15 is 0 Å². The van der Waals surface area contributed by atoms with Crippen molar-refractivity contribution >= 4 is 0 Å². The Morgan fingerprint density at radius 1 is 1.14 bits per heavy atom. The molecule has 14 heavy (non-hydrogen) atoms. The number of hydrogen-bond donors (Lipinski definition) is 1. The lowest BCUT2D eigenvalue weighted by atomic mass is 9.74. The summed E-state index contributed by atoms with van der Waals surface area (Å²) >= 11 is 0. The molecular formula is C10H17F3O. The van der Waals surface area contributed by atoms with Crippen molar-refractivity contribution in [1.82, 2.24) is 0 Å². The van der Waals surface area contributed by atoms with Crippen LogP contribution in [0.2, 0.25) is 0 Å². The summed E-state index contributed by atoms with van der Waals surface area (Å²) < 4.78 is 36.6. The van der Waals surface area contributed by atoms with E-state index in [1.54, 1.807) is 0 Å². The largest absolute Gasteiger partial charge is 0.414 e. The molecule has 0 heterocycles. The predicted octanol–water partition coefficient (Wildman–Crippen LogP) is 2.98. The van der Waals surface area contributed by atoms with E-state index in [0.717, 1.165) is 6.42 Å². The zero-order chi connectivity index (χ0) is 10.9. The Morgan fingerprint density at radius 2 is 1.71 bits per heavy atom. The van der Waals surface area contributed by atoms with Crippen LogP contribution < -0.4 is 0 Å². The van der Waals surface area contributed by atoms with Crippen LogP contribution in [0.4, 0.5) is 13.2 Å². The second-order valence-corrected chi connectivity index (χ2v) is 4.51. The first-order valence-corrected chi connectivity index (χ1v) is 5.07. The molecule has 0 amide bonds. The van der Waals surface area contributed by atoms with Crippen LogP contribution in [0.15, 0.2) is 0 Å². The molecule has 0 aliphatic heterocycles. The highest BCUT2D eigenvalue weighted by Gasteiger charge is 2.44. The molecule has 4 heteroatoms. The van der Waals surface area contributed by atoms with Crippen LogP contribution in [-0.4, -0.2) is 17.4 Å². The first-order valence-electron chi connectivity index (χ1n) is 5.07. The van der Waals surface area contributed by atoms with Gasteiger partial charge in [0, 0.05) is 0 Å². The highest BCUT2D eigenvalue weighted by molar-refractivity contribution is 4.82. The fourth-order valence-electron chi connectivity index (χ4n) is 2.14. The standard InChI is InChI=1S/C10H17F3O/c1-6-3-4-8(5-7(6)2)9(14)10(11,12)13/h6-9,14H,3-5H2,1-2H3/t6?,7?,8?,9-/m1/s1. The van der Waals surface area contributed by atoms with E-state index in [2.05, 4.69) is 6.92 Å². The normalized spacial score (nSPS) is 36.9. The third kappa shape index (κ3) is 2.62. The average molecular weight is 210 g/mol. The highest BCUT2D eigenvalue weighted by Crippen LogP contribution is 2.39. The SMILES string of the molecule is CC1CCC([C@@H](O)C(F)(F)F)CC1C. The van der Waals surface area contributed by atoms with Gasteiger partial charge < -0.3 is 5.11 Å². The Morgan fingerprint density at radius 3 is 2.14 bits per heavy atom. The number of rotatable bonds is 1. The van der Waals surface area contributed by atoms with Gasteiger partial charge in [-0.15, -0.1) is 0 Å². The van der Waals surface area contributed by atoms with Gasteiger partial charge in [-0.1, -0.05) is 20.3 Å². The van der Waals surface area contributed by atoms with E-state index in [9.17, 15) is 13.2 Å².